The van der Waals surface area contributed by atoms with Gasteiger partial charge in [-0.05, 0) is 32.3 Å². The van der Waals surface area contributed by atoms with Crippen molar-refractivity contribution in [3.05, 3.63) is 24.3 Å². The Balaban J connectivity index is 2.86. The maximum absolute atomic E-state index is 11.7. The quantitative estimate of drug-likeness (QED) is 0.508. The van der Waals surface area contributed by atoms with Gasteiger partial charge in [-0.3, -0.25) is 9.59 Å². The van der Waals surface area contributed by atoms with Gasteiger partial charge in [-0.25, -0.2) is 0 Å². The van der Waals surface area contributed by atoms with E-state index in [4.69, 9.17) is 0 Å². The van der Waals surface area contributed by atoms with Crippen LogP contribution in [0.5, 0.6) is 0 Å². The van der Waals surface area contributed by atoms with Crippen molar-refractivity contribution < 1.29 is 9.59 Å². The minimum absolute atomic E-state index is 0.0366. The molecule has 1 rings (SSSR count). The van der Waals surface area contributed by atoms with Crippen molar-refractivity contribution in [3.8, 4) is 0 Å². The molecule has 2 unspecified atom stereocenters. The van der Waals surface area contributed by atoms with Crippen LogP contribution in [0.2, 0.25) is 0 Å². The normalized spacial score (nSPS) is 25.9. The number of hydrogen-bond donors (Lipinski definition) is 0. The van der Waals surface area contributed by atoms with Crippen LogP contribution in [0.15, 0.2) is 24.3 Å². The molecule has 0 aromatic carbocycles. The van der Waals surface area contributed by atoms with Crippen LogP contribution in [0.3, 0.4) is 0 Å². The Kier molecular flexibility index (Phi) is 3.39. The predicted octanol–water partition coefficient (Wildman–Crippen LogP) is 2.30. The van der Waals surface area contributed by atoms with Crippen LogP contribution in [0.1, 0.15) is 26.7 Å². The lowest BCUT2D eigenvalue weighted by atomic mass is 9.77. The van der Waals surface area contributed by atoms with Gasteiger partial charge < -0.3 is 0 Å². The molecule has 0 radical (unpaired) electrons. The molecule has 0 aromatic rings. The van der Waals surface area contributed by atoms with Crippen LogP contribution in [0.4, 0.5) is 0 Å². The Morgan fingerprint density at radius 1 is 1.36 bits per heavy atom. The molecule has 0 saturated heterocycles. The second-order valence-corrected chi connectivity index (χ2v) is 3.89. The zero-order valence-corrected chi connectivity index (χ0v) is 8.75. The number of carbonyl (C=O) groups excluding carboxylic acids is 2. The molecule has 0 amide bonds. The number of allylic oxidation sites excluding steroid dienone is 3. The van der Waals surface area contributed by atoms with Crippen LogP contribution >= 0.6 is 0 Å². The summed E-state index contributed by atoms with van der Waals surface area (Å²) in [6.07, 6.45) is 5.49. The minimum Gasteiger partial charge on any atom is -0.299 e. The highest BCUT2D eigenvalue weighted by Gasteiger charge is 2.30. The Bertz CT molecular complexity index is 299. The first-order valence-electron chi connectivity index (χ1n) is 4.91. The minimum atomic E-state index is -0.229. The van der Waals surface area contributed by atoms with E-state index in [1.165, 1.54) is 0 Å². The first kappa shape index (κ1) is 10.9. The number of hydrogen-bond acceptors (Lipinski definition) is 2. The van der Waals surface area contributed by atoms with E-state index in [9.17, 15) is 9.59 Å². The first-order valence-corrected chi connectivity index (χ1v) is 4.91. The molecule has 0 aliphatic heterocycles. The molecule has 0 fully saturated rings. The Morgan fingerprint density at radius 3 is 2.50 bits per heavy atom. The van der Waals surface area contributed by atoms with Gasteiger partial charge >= 0.3 is 0 Å². The van der Waals surface area contributed by atoms with Gasteiger partial charge in [-0.1, -0.05) is 18.7 Å². The molecule has 0 saturated carbocycles. The lowest BCUT2D eigenvalue weighted by Gasteiger charge is -2.24. The third kappa shape index (κ3) is 2.19. The lowest BCUT2D eigenvalue weighted by Crippen LogP contribution is -2.29. The summed E-state index contributed by atoms with van der Waals surface area (Å²) in [5.74, 6) is -0.293. The maximum Gasteiger partial charge on any atom is 0.162 e. The Labute approximate surface area is 84.7 Å². The van der Waals surface area contributed by atoms with E-state index in [-0.39, 0.29) is 23.4 Å². The lowest BCUT2D eigenvalue weighted by molar-refractivity contribution is -0.128. The van der Waals surface area contributed by atoms with E-state index in [2.05, 4.69) is 6.58 Å². The fourth-order valence-corrected chi connectivity index (χ4v) is 1.86. The molecule has 0 heterocycles. The summed E-state index contributed by atoms with van der Waals surface area (Å²) >= 11 is 0. The van der Waals surface area contributed by atoms with Crippen LogP contribution in [-0.2, 0) is 9.59 Å². The Morgan fingerprint density at radius 2 is 2.00 bits per heavy atom. The van der Waals surface area contributed by atoms with E-state index in [1.807, 2.05) is 12.2 Å². The van der Waals surface area contributed by atoms with E-state index in [1.54, 1.807) is 13.8 Å². The van der Waals surface area contributed by atoms with Gasteiger partial charge in [0.15, 0.2) is 5.78 Å². The number of ketones is 2. The first-order chi connectivity index (χ1) is 6.54. The summed E-state index contributed by atoms with van der Waals surface area (Å²) in [4.78, 5) is 23.0. The third-order valence-electron chi connectivity index (χ3n) is 2.65. The van der Waals surface area contributed by atoms with E-state index < -0.39 is 0 Å². The number of Topliss-reactive ketones (excluding diaryl/α,β-unsaturated/α-hetero) is 2. The molecule has 0 spiro atoms. The van der Waals surface area contributed by atoms with Gasteiger partial charge in [0.25, 0.3) is 0 Å². The van der Waals surface area contributed by atoms with Gasteiger partial charge in [0.2, 0.25) is 0 Å². The zero-order chi connectivity index (χ0) is 10.7. The largest absolute Gasteiger partial charge is 0.299 e. The van der Waals surface area contributed by atoms with Gasteiger partial charge in [0.05, 0.1) is 0 Å². The third-order valence-corrected chi connectivity index (χ3v) is 2.65. The highest BCUT2D eigenvalue weighted by Crippen LogP contribution is 2.28. The highest BCUT2D eigenvalue weighted by molar-refractivity contribution is 5.99. The summed E-state index contributed by atoms with van der Waals surface area (Å²) < 4.78 is 0. The molecular formula is C12H16O2. The molecule has 2 atom stereocenters. The fraction of sp³-hybridized carbons (Fsp3) is 0.500. The standard InChI is InChI=1S/C12H16O2/c1-8(2)12(14)11-7-5-4-6-10(11)9(3)13/h4,6,10-11H,1,5,7H2,2-3H3. The van der Waals surface area contributed by atoms with E-state index in [0.717, 1.165) is 12.8 Å². The zero-order valence-electron chi connectivity index (χ0n) is 8.75. The van der Waals surface area contributed by atoms with E-state index in [0.29, 0.717) is 5.57 Å². The topological polar surface area (TPSA) is 34.1 Å². The molecule has 2 nitrogen and oxygen atoms in total. The number of carbonyl (C=O) groups is 2. The van der Waals surface area contributed by atoms with Gasteiger partial charge in [-0.15, -0.1) is 0 Å². The monoisotopic (exact) mass is 192 g/mol. The van der Waals surface area contributed by atoms with Crippen molar-refractivity contribution in [1.82, 2.24) is 0 Å². The maximum atomic E-state index is 11.7. The fourth-order valence-electron chi connectivity index (χ4n) is 1.86. The summed E-state index contributed by atoms with van der Waals surface area (Å²) in [5.41, 5.74) is 0.552. The van der Waals surface area contributed by atoms with Gasteiger partial charge in [0, 0.05) is 11.8 Å². The summed E-state index contributed by atoms with van der Waals surface area (Å²) in [7, 11) is 0. The molecule has 2 heteroatoms. The second kappa shape index (κ2) is 4.36. The summed E-state index contributed by atoms with van der Waals surface area (Å²) in [6.45, 7) is 6.89. The number of rotatable bonds is 3. The van der Waals surface area contributed by atoms with Gasteiger partial charge in [0.1, 0.15) is 5.78 Å². The molecule has 1 aliphatic carbocycles. The molecule has 0 N–H and O–H groups in total. The molecule has 14 heavy (non-hydrogen) atoms. The van der Waals surface area contributed by atoms with Crippen LogP contribution in [0.25, 0.3) is 0 Å². The van der Waals surface area contributed by atoms with Crippen molar-refractivity contribution >= 4 is 11.6 Å². The van der Waals surface area contributed by atoms with Crippen LogP contribution in [0, 0.1) is 11.8 Å². The van der Waals surface area contributed by atoms with Crippen LogP contribution < -0.4 is 0 Å². The molecule has 76 valence electrons. The van der Waals surface area contributed by atoms with Gasteiger partial charge in [-0.2, -0.15) is 0 Å². The smallest absolute Gasteiger partial charge is 0.162 e. The van der Waals surface area contributed by atoms with Crippen molar-refractivity contribution in [3.63, 3.8) is 0 Å². The SMILES string of the molecule is C=C(C)C(=O)C1CCC=CC1C(C)=O. The molecular weight excluding hydrogens is 176 g/mol. The van der Waals surface area contributed by atoms with Crippen LogP contribution in [-0.4, -0.2) is 11.6 Å². The highest BCUT2D eigenvalue weighted by atomic mass is 16.1. The molecule has 1 aliphatic rings. The van der Waals surface area contributed by atoms with Crippen molar-refractivity contribution in [2.24, 2.45) is 11.8 Å². The summed E-state index contributed by atoms with van der Waals surface area (Å²) in [6, 6.07) is 0. The summed E-state index contributed by atoms with van der Waals surface area (Å²) in [5, 5.41) is 0. The van der Waals surface area contributed by atoms with Crippen molar-refractivity contribution in [1.29, 1.82) is 0 Å². The van der Waals surface area contributed by atoms with E-state index >= 15 is 0 Å². The van der Waals surface area contributed by atoms with Crippen molar-refractivity contribution in [2.45, 2.75) is 26.7 Å². The molecule has 0 aromatic heterocycles. The predicted molar refractivity (Wildman–Crippen MR) is 55.9 cm³/mol. The average Bonchev–Trinajstić information content (AvgIpc) is 2.16. The average molecular weight is 192 g/mol. The molecule has 0 bridgehead atoms. The Hall–Kier alpha value is -1.18. The second-order valence-electron chi connectivity index (χ2n) is 3.89. The van der Waals surface area contributed by atoms with Crippen molar-refractivity contribution in [2.75, 3.05) is 0 Å².